The molecule has 8 heteroatoms. The summed E-state index contributed by atoms with van der Waals surface area (Å²) in [5, 5.41) is 40.6. The Bertz CT molecular complexity index is 1020. The molecule has 2 aromatic carbocycles. The van der Waals surface area contributed by atoms with E-state index in [-0.39, 0.29) is 0 Å². The number of aliphatic hydroxyl groups is 4. The van der Waals surface area contributed by atoms with Crippen molar-refractivity contribution in [3.63, 3.8) is 0 Å². The third-order valence-electron chi connectivity index (χ3n) is 5.47. The Morgan fingerprint density at radius 2 is 1.77 bits per heavy atom. The number of hydrogen-bond acceptors (Lipinski definition) is 6. The minimum Gasteiger partial charge on any atom is -0.394 e. The highest BCUT2D eigenvalue weighted by atomic mass is 32.2. The lowest BCUT2D eigenvalue weighted by atomic mass is 9.98. The molecule has 160 valence electrons. The van der Waals surface area contributed by atoms with Crippen molar-refractivity contribution in [2.75, 3.05) is 6.61 Å². The zero-order valence-corrected chi connectivity index (χ0v) is 17.2. The van der Waals surface area contributed by atoms with Crippen LogP contribution in [0.4, 0.5) is 4.39 Å². The molecule has 2 heterocycles. The normalized spacial score (nSPS) is 26.9. The Morgan fingerprint density at radius 1 is 1.03 bits per heavy atom. The molecule has 0 amide bonds. The van der Waals surface area contributed by atoms with Gasteiger partial charge in [0.2, 0.25) is 0 Å². The van der Waals surface area contributed by atoms with Crippen molar-refractivity contribution in [1.82, 2.24) is 4.57 Å². The summed E-state index contributed by atoms with van der Waals surface area (Å²) in [6.07, 6.45) is -3.97. The van der Waals surface area contributed by atoms with Crippen molar-refractivity contribution in [2.24, 2.45) is 0 Å². The first-order chi connectivity index (χ1) is 14.4. The van der Waals surface area contributed by atoms with Crippen LogP contribution < -0.4 is 0 Å². The van der Waals surface area contributed by atoms with Gasteiger partial charge in [0.1, 0.15) is 30.2 Å². The molecule has 0 aliphatic carbocycles. The van der Waals surface area contributed by atoms with Crippen molar-refractivity contribution in [1.29, 1.82) is 0 Å². The van der Waals surface area contributed by atoms with Gasteiger partial charge in [0.25, 0.3) is 0 Å². The number of aryl methyl sites for hydroxylation is 1. The van der Waals surface area contributed by atoms with E-state index in [2.05, 4.69) is 6.92 Å². The Kier molecular flexibility index (Phi) is 6.15. The van der Waals surface area contributed by atoms with Gasteiger partial charge in [-0.05, 0) is 36.2 Å². The van der Waals surface area contributed by atoms with Crippen LogP contribution in [-0.4, -0.2) is 56.0 Å². The van der Waals surface area contributed by atoms with Crippen LogP contribution in [-0.2, 0) is 11.2 Å². The lowest BCUT2D eigenvalue weighted by Gasteiger charge is -2.40. The number of rotatable bonds is 5. The van der Waals surface area contributed by atoms with Gasteiger partial charge in [-0.2, -0.15) is 0 Å². The highest BCUT2D eigenvalue weighted by molar-refractivity contribution is 7.99. The Morgan fingerprint density at radius 3 is 2.43 bits per heavy atom. The maximum absolute atomic E-state index is 14.8. The molecule has 1 saturated heterocycles. The minimum atomic E-state index is -1.51. The summed E-state index contributed by atoms with van der Waals surface area (Å²) in [7, 11) is 0. The van der Waals surface area contributed by atoms with Gasteiger partial charge in [0.05, 0.1) is 12.1 Å². The third kappa shape index (κ3) is 3.75. The monoisotopic (exact) mass is 433 g/mol. The van der Waals surface area contributed by atoms with E-state index >= 15 is 0 Å². The number of fused-ring (bicyclic) bond motifs is 1. The molecule has 30 heavy (non-hydrogen) atoms. The molecule has 3 aromatic rings. The van der Waals surface area contributed by atoms with Crippen LogP contribution in [0.3, 0.4) is 0 Å². The molecular weight excluding hydrogens is 409 g/mol. The predicted octanol–water partition coefficient (Wildman–Crippen LogP) is 2.47. The summed E-state index contributed by atoms with van der Waals surface area (Å²) >= 11 is 1.39. The summed E-state index contributed by atoms with van der Waals surface area (Å²) in [4.78, 5) is 1.56. The average molecular weight is 434 g/mol. The molecule has 1 fully saturated rings. The van der Waals surface area contributed by atoms with E-state index in [1.807, 2.05) is 24.3 Å². The summed E-state index contributed by atoms with van der Waals surface area (Å²) < 4.78 is 22.0. The lowest BCUT2D eigenvalue weighted by molar-refractivity contribution is -0.250. The van der Waals surface area contributed by atoms with Crippen LogP contribution in [0.5, 0.6) is 0 Å². The third-order valence-corrected chi connectivity index (χ3v) is 6.51. The van der Waals surface area contributed by atoms with Gasteiger partial charge in [-0.25, -0.2) is 4.39 Å². The molecule has 4 rings (SSSR count). The van der Waals surface area contributed by atoms with Crippen LogP contribution in [0.2, 0.25) is 0 Å². The van der Waals surface area contributed by atoms with E-state index in [1.54, 1.807) is 22.9 Å². The van der Waals surface area contributed by atoms with Gasteiger partial charge in [0, 0.05) is 21.4 Å². The summed E-state index contributed by atoms with van der Waals surface area (Å²) in [6, 6.07) is 12.6. The zero-order valence-electron chi connectivity index (χ0n) is 16.4. The summed E-state index contributed by atoms with van der Waals surface area (Å²) in [5.74, 6) is -0.413. The Balaban J connectivity index is 1.76. The van der Waals surface area contributed by atoms with Crippen LogP contribution in [0.1, 0.15) is 18.7 Å². The zero-order chi connectivity index (χ0) is 21.4. The second-order valence-electron chi connectivity index (χ2n) is 7.35. The minimum absolute atomic E-state index is 0.374. The fourth-order valence-electron chi connectivity index (χ4n) is 3.75. The smallest absolute Gasteiger partial charge is 0.163 e. The van der Waals surface area contributed by atoms with Crippen LogP contribution in [0.25, 0.3) is 10.9 Å². The van der Waals surface area contributed by atoms with Gasteiger partial charge in [0.15, 0.2) is 6.23 Å². The first-order valence-corrected chi connectivity index (χ1v) is 10.6. The quantitative estimate of drug-likeness (QED) is 0.494. The molecule has 0 radical (unpaired) electrons. The maximum Gasteiger partial charge on any atom is 0.163 e. The van der Waals surface area contributed by atoms with Crippen molar-refractivity contribution in [3.8, 4) is 0 Å². The fourth-order valence-corrected chi connectivity index (χ4v) is 4.75. The fraction of sp³-hybridized carbons (Fsp3) is 0.364. The van der Waals surface area contributed by atoms with E-state index in [1.165, 1.54) is 23.4 Å². The molecule has 0 unspecified atom stereocenters. The van der Waals surface area contributed by atoms with Crippen molar-refractivity contribution >= 4 is 22.7 Å². The average Bonchev–Trinajstić information content (AvgIpc) is 3.12. The van der Waals surface area contributed by atoms with E-state index in [0.29, 0.717) is 15.8 Å². The number of ether oxygens (including phenoxy) is 1. The van der Waals surface area contributed by atoms with E-state index in [4.69, 9.17) is 4.74 Å². The van der Waals surface area contributed by atoms with Crippen LogP contribution in [0, 0.1) is 5.82 Å². The summed E-state index contributed by atoms with van der Waals surface area (Å²) in [6.45, 7) is 1.55. The molecule has 4 N–H and O–H groups in total. The second-order valence-corrected chi connectivity index (χ2v) is 8.47. The molecule has 1 aliphatic heterocycles. The Labute approximate surface area is 177 Å². The molecule has 0 saturated carbocycles. The number of benzene rings is 2. The molecule has 6 nitrogen and oxygen atoms in total. The van der Waals surface area contributed by atoms with E-state index < -0.39 is 43.1 Å². The predicted molar refractivity (Wildman–Crippen MR) is 111 cm³/mol. The maximum atomic E-state index is 14.8. The van der Waals surface area contributed by atoms with Crippen molar-refractivity contribution < 1.29 is 29.6 Å². The number of aliphatic hydroxyl groups excluding tert-OH is 4. The SMILES string of the molecule is CCc1ccc(Sc2cn([C@@H]3O[C@H](CO)[C@@H](O)[C@H](O)[C@H]3O)c3cccc(F)c23)cc1. The van der Waals surface area contributed by atoms with E-state index in [0.717, 1.165) is 11.3 Å². The van der Waals surface area contributed by atoms with Gasteiger partial charge in [-0.3, -0.25) is 0 Å². The van der Waals surface area contributed by atoms with Gasteiger partial charge < -0.3 is 29.7 Å². The van der Waals surface area contributed by atoms with Crippen molar-refractivity contribution in [2.45, 2.75) is 53.8 Å². The second kappa shape index (κ2) is 8.66. The first-order valence-electron chi connectivity index (χ1n) is 9.81. The molecule has 5 atom stereocenters. The molecular formula is C22H24FNO5S. The standard InChI is InChI=1S/C22H24FNO5S/c1-2-12-6-8-13(9-7-12)30-17-10-24(15-5-3-4-14(23)18(15)17)22-21(28)20(27)19(26)16(11-25)29-22/h3-10,16,19-22,25-28H,2,11H2,1H3/t16-,19-,20+,21-,22-/m1/s1. The Hall–Kier alpha value is -1.94. The molecule has 0 spiro atoms. The van der Waals surface area contributed by atoms with Gasteiger partial charge in [-0.1, -0.05) is 36.9 Å². The lowest BCUT2D eigenvalue weighted by Crippen LogP contribution is -2.56. The largest absolute Gasteiger partial charge is 0.394 e. The highest BCUT2D eigenvalue weighted by Gasteiger charge is 2.44. The number of nitrogens with zero attached hydrogens (tertiary/aromatic N) is 1. The highest BCUT2D eigenvalue weighted by Crippen LogP contribution is 2.40. The molecule has 1 aliphatic rings. The van der Waals surface area contributed by atoms with Crippen molar-refractivity contribution in [3.05, 3.63) is 60.0 Å². The molecule has 0 bridgehead atoms. The number of aromatic nitrogens is 1. The van der Waals surface area contributed by atoms with Crippen LogP contribution >= 0.6 is 11.8 Å². The van der Waals surface area contributed by atoms with Crippen LogP contribution in [0.15, 0.2) is 58.5 Å². The van der Waals surface area contributed by atoms with Gasteiger partial charge >= 0.3 is 0 Å². The number of halogens is 1. The van der Waals surface area contributed by atoms with E-state index in [9.17, 15) is 24.8 Å². The summed E-state index contributed by atoms with van der Waals surface area (Å²) in [5.41, 5.74) is 1.68. The van der Waals surface area contributed by atoms with Gasteiger partial charge in [-0.15, -0.1) is 0 Å². The topological polar surface area (TPSA) is 95.1 Å². The molecule has 1 aromatic heterocycles. The first kappa shape index (κ1) is 21.3. The number of hydrogen-bond donors (Lipinski definition) is 4.